The smallest absolute Gasteiger partial charge is 0.308 e. The molecule has 2 N–H and O–H groups in total. The SMILES string of the molecule is CCOc1cccc(C(=O)NCC(C(=O)O)C2CCOCC2)c1. The van der Waals surface area contributed by atoms with Gasteiger partial charge in [-0.05, 0) is 43.9 Å². The van der Waals surface area contributed by atoms with Gasteiger partial charge in [0.1, 0.15) is 5.75 Å². The van der Waals surface area contributed by atoms with Crippen LogP contribution in [0.25, 0.3) is 0 Å². The van der Waals surface area contributed by atoms with Crippen LogP contribution in [0.2, 0.25) is 0 Å². The van der Waals surface area contributed by atoms with Crippen LogP contribution < -0.4 is 10.1 Å². The van der Waals surface area contributed by atoms with Gasteiger partial charge >= 0.3 is 5.97 Å². The summed E-state index contributed by atoms with van der Waals surface area (Å²) in [6.07, 6.45) is 1.43. The zero-order valence-electron chi connectivity index (χ0n) is 13.3. The summed E-state index contributed by atoms with van der Waals surface area (Å²) in [7, 11) is 0. The van der Waals surface area contributed by atoms with Crippen LogP contribution in [-0.4, -0.2) is 43.3 Å². The van der Waals surface area contributed by atoms with Crippen molar-refractivity contribution in [2.24, 2.45) is 11.8 Å². The van der Waals surface area contributed by atoms with E-state index in [0.717, 1.165) is 0 Å². The molecule has 1 atom stereocenters. The van der Waals surface area contributed by atoms with Crippen molar-refractivity contribution in [1.29, 1.82) is 0 Å². The lowest BCUT2D eigenvalue weighted by atomic mass is 9.86. The van der Waals surface area contributed by atoms with Crippen molar-refractivity contribution < 1.29 is 24.2 Å². The fourth-order valence-electron chi connectivity index (χ4n) is 2.77. The van der Waals surface area contributed by atoms with E-state index >= 15 is 0 Å². The third-order valence-corrected chi connectivity index (χ3v) is 4.04. The predicted molar refractivity (Wildman–Crippen MR) is 84.6 cm³/mol. The highest BCUT2D eigenvalue weighted by atomic mass is 16.5. The Kier molecular flexibility index (Phi) is 6.40. The van der Waals surface area contributed by atoms with Crippen molar-refractivity contribution in [3.63, 3.8) is 0 Å². The molecular weight excluding hydrogens is 298 g/mol. The molecule has 6 heteroatoms. The molecule has 1 unspecified atom stereocenters. The van der Waals surface area contributed by atoms with E-state index in [-0.39, 0.29) is 18.4 Å². The summed E-state index contributed by atoms with van der Waals surface area (Å²) in [6.45, 7) is 3.68. The molecule has 1 aliphatic heterocycles. The van der Waals surface area contributed by atoms with Gasteiger partial charge in [0.2, 0.25) is 0 Å². The van der Waals surface area contributed by atoms with Gasteiger partial charge in [0.05, 0.1) is 12.5 Å². The number of nitrogens with one attached hydrogen (secondary N) is 1. The Hall–Kier alpha value is -2.08. The quantitative estimate of drug-likeness (QED) is 0.802. The van der Waals surface area contributed by atoms with Gasteiger partial charge in [-0.2, -0.15) is 0 Å². The number of carbonyl (C=O) groups is 2. The summed E-state index contributed by atoms with van der Waals surface area (Å²) >= 11 is 0. The molecule has 1 aromatic rings. The third-order valence-electron chi connectivity index (χ3n) is 4.04. The fraction of sp³-hybridized carbons (Fsp3) is 0.529. The Morgan fingerprint density at radius 1 is 1.39 bits per heavy atom. The Labute approximate surface area is 135 Å². The third kappa shape index (κ3) is 4.96. The second kappa shape index (κ2) is 8.53. The molecule has 0 radical (unpaired) electrons. The lowest BCUT2D eigenvalue weighted by Crippen LogP contribution is -2.39. The number of aliphatic carboxylic acids is 1. The molecule has 23 heavy (non-hydrogen) atoms. The number of hydrogen-bond donors (Lipinski definition) is 2. The maximum Gasteiger partial charge on any atom is 0.308 e. The number of ether oxygens (including phenoxy) is 2. The Balaban J connectivity index is 1.95. The maximum atomic E-state index is 12.2. The van der Waals surface area contributed by atoms with Crippen LogP contribution >= 0.6 is 0 Å². The van der Waals surface area contributed by atoms with Gasteiger partial charge in [-0.1, -0.05) is 6.07 Å². The van der Waals surface area contributed by atoms with Crippen molar-refractivity contribution in [2.45, 2.75) is 19.8 Å². The number of carboxylic acids is 1. The zero-order valence-corrected chi connectivity index (χ0v) is 13.3. The molecule has 1 aliphatic rings. The minimum atomic E-state index is -0.875. The summed E-state index contributed by atoms with van der Waals surface area (Å²) in [6, 6.07) is 6.86. The average molecular weight is 321 g/mol. The molecule has 0 aliphatic carbocycles. The summed E-state index contributed by atoms with van der Waals surface area (Å²) in [4.78, 5) is 23.7. The summed E-state index contributed by atoms with van der Waals surface area (Å²) in [5, 5.41) is 12.1. The molecule has 126 valence electrons. The van der Waals surface area contributed by atoms with Crippen LogP contribution in [0.3, 0.4) is 0 Å². The van der Waals surface area contributed by atoms with Crippen LogP contribution in [0, 0.1) is 11.8 Å². The van der Waals surface area contributed by atoms with Gasteiger partial charge in [0, 0.05) is 25.3 Å². The lowest BCUT2D eigenvalue weighted by molar-refractivity contribution is -0.144. The molecular formula is C17H23NO5. The Bertz CT molecular complexity index is 540. The normalized spacial score (nSPS) is 16.6. The molecule has 1 saturated heterocycles. The minimum absolute atomic E-state index is 0.0382. The highest BCUT2D eigenvalue weighted by Gasteiger charge is 2.30. The Morgan fingerprint density at radius 2 is 2.13 bits per heavy atom. The van der Waals surface area contributed by atoms with Crippen molar-refractivity contribution in [3.8, 4) is 5.75 Å². The van der Waals surface area contributed by atoms with E-state index < -0.39 is 11.9 Å². The molecule has 1 aromatic carbocycles. The van der Waals surface area contributed by atoms with Crippen LogP contribution in [0.1, 0.15) is 30.1 Å². The van der Waals surface area contributed by atoms with Crippen molar-refractivity contribution in [3.05, 3.63) is 29.8 Å². The molecule has 1 fully saturated rings. The minimum Gasteiger partial charge on any atom is -0.494 e. The predicted octanol–water partition coefficient (Wildman–Crippen LogP) is 1.94. The van der Waals surface area contributed by atoms with E-state index in [9.17, 15) is 14.7 Å². The standard InChI is InChI=1S/C17H23NO5/c1-2-23-14-5-3-4-13(10-14)16(19)18-11-15(17(20)21)12-6-8-22-9-7-12/h3-5,10,12,15H,2,6-9,11H2,1H3,(H,18,19)(H,20,21). The van der Waals surface area contributed by atoms with Crippen LogP contribution in [-0.2, 0) is 9.53 Å². The summed E-state index contributed by atoms with van der Waals surface area (Å²) in [5.41, 5.74) is 0.465. The first kappa shape index (κ1) is 17.3. The van der Waals surface area contributed by atoms with Crippen LogP contribution in [0.5, 0.6) is 5.75 Å². The van der Waals surface area contributed by atoms with Gasteiger partial charge in [-0.3, -0.25) is 9.59 Å². The van der Waals surface area contributed by atoms with Gasteiger partial charge in [0.15, 0.2) is 0 Å². The van der Waals surface area contributed by atoms with Gasteiger partial charge in [0.25, 0.3) is 5.91 Å². The molecule has 0 bridgehead atoms. The van der Waals surface area contributed by atoms with Gasteiger partial charge in [-0.15, -0.1) is 0 Å². The van der Waals surface area contributed by atoms with E-state index in [1.54, 1.807) is 24.3 Å². The molecule has 2 rings (SSSR count). The van der Waals surface area contributed by atoms with Gasteiger partial charge in [-0.25, -0.2) is 0 Å². The molecule has 1 heterocycles. The number of rotatable bonds is 7. The average Bonchev–Trinajstić information content (AvgIpc) is 2.56. The topological polar surface area (TPSA) is 84.9 Å². The monoisotopic (exact) mass is 321 g/mol. The number of carboxylic acid groups (broad SMARTS) is 1. The molecule has 1 amide bonds. The number of hydrogen-bond acceptors (Lipinski definition) is 4. The van der Waals surface area contributed by atoms with Crippen molar-refractivity contribution in [2.75, 3.05) is 26.4 Å². The molecule has 0 saturated carbocycles. The second-order valence-electron chi connectivity index (χ2n) is 5.57. The van der Waals surface area contributed by atoms with Gasteiger partial charge < -0.3 is 19.9 Å². The lowest BCUT2D eigenvalue weighted by Gasteiger charge is -2.27. The first-order valence-corrected chi connectivity index (χ1v) is 7.93. The summed E-state index contributed by atoms with van der Waals surface area (Å²) in [5.74, 6) is -1.08. The molecule has 6 nitrogen and oxygen atoms in total. The van der Waals surface area contributed by atoms with E-state index in [0.29, 0.717) is 44.0 Å². The highest BCUT2D eigenvalue weighted by molar-refractivity contribution is 5.94. The zero-order chi connectivity index (χ0) is 16.7. The highest BCUT2D eigenvalue weighted by Crippen LogP contribution is 2.24. The van der Waals surface area contributed by atoms with Crippen molar-refractivity contribution in [1.82, 2.24) is 5.32 Å². The van der Waals surface area contributed by atoms with E-state index in [4.69, 9.17) is 9.47 Å². The van der Waals surface area contributed by atoms with E-state index in [1.807, 2.05) is 6.92 Å². The largest absolute Gasteiger partial charge is 0.494 e. The van der Waals surface area contributed by atoms with E-state index in [2.05, 4.69) is 5.32 Å². The first-order chi connectivity index (χ1) is 11.1. The molecule has 0 aromatic heterocycles. The fourth-order valence-corrected chi connectivity index (χ4v) is 2.77. The molecule has 0 spiro atoms. The number of benzene rings is 1. The summed E-state index contributed by atoms with van der Waals surface area (Å²) < 4.78 is 10.6. The number of carbonyl (C=O) groups excluding carboxylic acids is 1. The second-order valence-corrected chi connectivity index (χ2v) is 5.57. The number of amides is 1. The van der Waals surface area contributed by atoms with E-state index in [1.165, 1.54) is 0 Å². The van der Waals surface area contributed by atoms with Crippen LogP contribution in [0.4, 0.5) is 0 Å². The van der Waals surface area contributed by atoms with Crippen molar-refractivity contribution >= 4 is 11.9 Å². The Morgan fingerprint density at radius 3 is 2.78 bits per heavy atom. The maximum absolute atomic E-state index is 12.2. The first-order valence-electron chi connectivity index (χ1n) is 7.93. The van der Waals surface area contributed by atoms with Crippen LogP contribution in [0.15, 0.2) is 24.3 Å².